The van der Waals surface area contributed by atoms with E-state index < -0.39 is 5.97 Å². The third-order valence-electron chi connectivity index (χ3n) is 3.93. The molecule has 0 atom stereocenters. The number of esters is 1. The minimum atomic E-state index is -0.461. The number of nitrogens with two attached hydrogens (primary N) is 1. The highest BCUT2D eigenvalue weighted by molar-refractivity contribution is 9.10. The van der Waals surface area contributed by atoms with E-state index in [2.05, 4.69) is 42.8 Å². The number of nitrogens with zero attached hydrogens (tertiary/aromatic N) is 5. The maximum atomic E-state index is 11.9. The van der Waals surface area contributed by atoms with Crippen LogP contribution in [0.3, 0.4) is 0 Å². The Labute approximate surface area is 170 Å². The van der Waals surface area contributed by atoms with Crippen molar-refractivity contribution in [3.8, 4) is 6.01 Å². The first kappa shape index (κ1) is 20.0. The Balaban J connectivity index is 1.93. The SMILES string of the molecule is CCCCOc1nc(N)c2nc(Br)n(Cc3ccnc(C(=O)OCC)c3)c2n1. The van der Waals surface area contributed by atoms with Crippen LogP contribution >= 0.6 is 15.9 Å². The number of fused-ring (bicyclic) bond motifs is 1. The molecule has 3 aromatic rings. The molecule has 3 rings (SSSR count). The summed E-state index contributed by atoms with van der Waals surface area (Å²) in [7, 11) is 0. The van der Waals surface area contributed by atoms with Crippen molar-refractivity contribution in [1.82, 2.24) is 24.5 Å². The van der Waals surface area contributed by atoms with Gasteiger partial charge in [0.2, 0.25) is 0 Å². The number of ether oxygens (including phenoxy) is 2. The summed E-state index contributed by atoms with van der Waals surface area (Å²) in [5, 5.41) is 0. The Morgan fingerprint density at radius 2 is 2.11 bits per heavy atom. The number of carbonyl (C=O) groups is 1. The number of imidazole rings is 1. The summed E-state index contributed by atoms with van der Waals surface area (Å²) in [6.07, 6.45) is 3.47. The lowest BCUT2D eigenvalue weighted by atomic mass is 10.2. The van der Waals surface area contributed by atoms with Crippen molar-refractivity contribution in [2.75, 3.05) is 18.9 Å². The molecule has 2 N–H and O–H groups in total. The number of hydrogen-bond donors (Lipinski definition) is 1. The monoisotopic (exact) mass is 448 g/mol. The van der Waals surface area contributed by atoms with Crippen LogP contribution in [0.4, 0.5) is 5.82 Å². The lowest BCUT2D eigenvalue weighted by molar-refractivity contribution is 0.0519. The Morgan fingerprint density at radius 1 is 1.29 bits per heavy atom. The molecule has 28 heavy (non-hydrogen) atoms. The van der Waals surface area contributed by atoms with E-state index in [4.69, 9.17) is 15.2 Å². The molecule has 0 aliphatic rings. The van der Waals surface area contributed by atoms with Gasteiger partial charge in [-0.15, -0.1) is 0 Å². The molecule has 0 saturated carbocycles. The van der Waals surface area contributed by atoms with E-state index >= 15 is 0 Å². The molecule has 10 heteroatoms. The van der Waals surface area contributed by atoms with E-state index in [1.807, 2.05) is 10.6 Å². The first-order valence-electron chi connectivity index (χ1n) is 8.97. The topological polar surface area (TPSA) is 118 Å². The Hall–Kier alpha value is -2.75. The molecule has 0 aliphatic carbocycles. The van der Waals surface area contributed by atoms with Crippen molar-refractivity contribution in [1.29, 1.82) is 0 Å². The van der Waals surface area contributed by atoms with Crippen molar-refractivity contribution in [3.63, 3.8) is 0 Å². The fourth-order valence-electron chi connectivity index (χ4n) is 2.56. The molecule has 0 bridgehead atoms. The summed E-state index contributed by atoms with van der Waals surface area (Å²) in [5.74, 6) is -0.213. The molecular formula is C18H21BrN6O3. The number of carbonyl (C=O) groups excluding carboxylic acids is 1. The van der Waals surface area contributed by atoms with Crippen LogP contribution in [-0.4, -0.2) is 43.7 Å². The molecule has 0 radical (unpaired) electrons. The van der Waals surface area contributed by atoms with Gasteiger partial charge in [0.15, 0.2) is 21.7 Å². The maximum Gasteiger partial charge on any atom is 0.356 e. The third-order valence-corrected chi connectivity index (χ3v) is 4.54. The Kier molecular flexibility index (Phi) is 6.40. The van der Waals surface area contributed by atoms with Crippen molar-refractivity contribution in [2.45, 2.75) is 33.2 Å². The van der Waals surface area contributed by atoms with Crippen LogP contribution in [0, 0.1) is 0 Å². The molecule has 0 unspecified atom stereocenters. The third kappa shape index (κ3) is 4.38. The van der Waals surface area contributed by atoms with Crippen LogP contribution in [0.1, 0.15) is 42.7 Å². The van der Waals surface area contributed by atoms with Crippen LogP contribution < -0.4 is 10.5 Å². The molecule has 0 aromatic carbocycles. The predicted molar refractivity (Wildman–Crippen MR) is 107 cm³/mol. The lowest BCUT2D eigenvalue weighted by Gasteiger charge is -2.09. The highest BCUT2D eigenvalue weighted by Crippen LogP contribution is 2.25. The number of pyridine rings is 1. The van der Waals surface area contributed by atoms with Crippen LogP contribution in [-0.2, 0) is 11.3 Å². The van der Waals surface area contributed by atoms with Gasteiger partial charge in [-0.25, -0.2) is 14.8 Å². The molecular weight excluding hydrogens is 428 g/mol. The fourth-order valence-corrected chi connectivity index (χ4v) is 3.03. The number of nitrogen functional groups attached to an aromatic ring is 1. The first-order valence-corrected chi connectivity index (χ1v) is 9.76. The van der Waals surface area contributed by atoms with Crippen molar-refractivity contribution >= 4 is 38.9 Å². The average Bonchev–Trinajstić information content (AvgIpc) is 2.99. The van der Waals surface area contributed by atoms with Crippen molar-refractivity contribution < 1.29 is 14.3 Å². The van der Waals surface area contributed by atoms with E-state index in [1.54, 1.807) is 19.2 Å². The van der Waals surface area contributed by atoms with Gasteiger partial charge in [-0.05, 0) is 47.0 Å². The zero-order chi connectivity index (χ0) is 20.1. The highest BCUT2D eigenvalue weighted by Gasteiger charge is 2.17. The van der Waals surface area contributed by atoms with E-state index in [0.717, 1.165) is 18.4 Å². The number of rotatable bonds is 8. The largest absolute Gasteiger partial charge is 0.463 e. The van der Waals surface area contributed by atoms with Gasteiger partial charge in [-0.2, -0.15) is 9.97 Å². The van der Waals surface area contributed by atoms with Crippen LogP contribution in [0.25, 0.3) is 11.2 Å². The molecule has 0 aliphatic heterocycles. The van der Waals surface area contributed by atoms with E-state index in [9.17, 15) is 4.79 Å². The van der Waals surface area contributed by atoms with Crippen LogP contribution in [0.15, 0.2) is 23.1 Å². The minimum Gasteiger partial charge on any atom is -0.463 e. The van der Waals surface area contributed by atoms with E-state index in [0.29, 0.717) is 35.7 Å². The van der Waals surface area contributed by atoms with Gasteiger partial charge >= 0.3 is 12.0 Å². The molecule has 3 heterocycles. The molecule has 0 amide bonds. The highest BCUT2D eigenvalue weighted by atomic mass is 79.9. The van der Waals surface area contributed by atoms with Gasteiger partial charge in [0.1, 0.15) is 5.69 Å². The second kappa shape index (κ2) is 8.96. The molecule has 0 spiro atoms. The summed E-state index contributed by atoms with van der Waals surface area (Å²) < 4.78 is 13.0. The summed E-state index contributed by atoms with van der Waals surface area (Å²) in [6.45, 7) is 5.04. The standard InChI is InChI=1S/C18H21BrN6O3/c1-3-5-8-28-18-23-14(20)13-15(24-18)25(17(19)22-13)10-11-6-7-21-12(9-11)16(26)27-4-2/h6-7,9H,3-5,8,10H2,1-2H3,(H2,20,23,24). The zero-order valence-corrected chi connectivity index (χ0v) is 17.3. The van der Waals surface area contributed by atoms with Gasteiger partial charge in [0, 0.05) is 6.20 Å². The molecule has 0 fully saturated rings. The first-order chi connectivity index (χ1) is 13.5. The molecule has 9 nitrogen and oxygen atoms in total. The lowest BCUT2D eigenvalue weighted by Crippen LogP contribution is -2.09. The summed E-state index contributed by atoms with van der Waals surface area (Å²) in [5.41, 5.74) is 8.14. The maximum absolute atomic E-state index is 11.9. The molecule has 148 valence electrons. The second-order valence-corrected chi connectivity index (χ2v) is 6.71. The number of hydrogen-bond acceptors (Lipinski definition) is 8. The number of unbranched alkanes of at least 4 members (excludes halogenated alkanes) is 1. The van der Waals surface area contributed by atoms with Crippen molar-refractivity contribution in [3.05, 3.63) is 34.3 Å². The Bertz CT molecular complexity index is 991. The number of anilines is 1. The zero-order valence-electron chi connectivity index (χ0n) is 15.7. The second-order valence-electron chi connectivity index (χ2n) is 6.00. The predicted octanol–water partition coefficient (Wildman–Crippen LogP) is 2.97. The van der Waals surface area contributed by atoms with E-state index in [1.165, 1.54) is 0 Å². The molecule has 0 saturated heterocycles. The van der Waals surface area contributed by atoms with Gasteiger partial charge in [-0.1, -0.05) is 13.3 Å². The van der Waals surface area contributed by atoms with Crippen LogP contribution in [0.2, 0.25) is 0 Å². The summed E-state index contributed by atoms with van der Waals surface area (Å²) >= 11 is 3.44. The van der Waals surface area contributed by atoms with Crippen molar-refractivity contribution in [2.24, 2.45) is 0 Å². The minimum absolute atomic E-state index is 0.217. The fraction of sp³-hybridized carbons (Fsp3) is 0.389. The average molecular weight is 449 g/mol. The molecule has 3 aromatic heterocycles. The van der Waals surface area contributed by atoms with Gasteiger partial charge in [0.25, 0.3) is 0 Å². The number of halogens is 1. The normalized spacial score (nSPS) is 11.0. The van der Waals surface area contributed by atoms with Crippen LogP contribution in [0.5, 0.6) is 6.01 Å². The number of aromatic nitrogens is 5. The summed E-state index contributed by atoms with van der Waals surface area (Å²) in [6, 6.07) is 3.71. The quantitative estimate of drug-likeness (QED) is 0.317. The van der Waals surface area contributed by atoms with Gasteiger partial charge < -0.3 is 15.2 Å². The van der Waals surface area contributed by atoms with E-state index in [-0.39, 0.29) is 17.5 Å². The van der Waals surface area contributed by atoms with Gasteiger partial charge in [-0.3, -0.25) is 4.57 Å². The summed E-state index contributed by atoms with van der Waals surface area (Å²) in [4.78, 5) is 29.0. The Morgan fingerprint density at radius 3 is 2.86 bits per heavy atom. The smallest absolute Gasteiger partial charge is 0.356 e. The van der Waals surface area contributed by atoms with Gasteiger partial charge in [0.05, 0.1) is 19.8 Å².